The maximum absolute atomic E-state index is 10.2. The van der Waals surface area contributed by atoms with Crippen molar-refractivity contribution in [2.45, 2.75) is 18.4 Å². The van der Waals surface area contributed by atoms with E-state index in [4.69, 9.17) is 11.5 Å². The van der Waals surface area contributed by atoms with Crippen LogP contribution >= 0.6 is 0 Å². The lowest BCUT2D eigenvalue weighted by atomic mass is 9.88. The number of allylic oxidation sites excluding steroid dienone is 2. The van der Waals surface area contributed by atoms with E-state index in [9.17, 15) is 4.79 Å². The Balaban J connectivity index is 2.69. The number of hydrogen-bond donors (Lipinski definition) is 2. The van der Waals surface area contributed by atoms with Gasteiger partial charge in [0.15, 0.2) is 0 Å². The van der Waals surface area contributed by atoms with Crippen molar-refractivity contribution in [3.05, 3.63) is 23.9 Å². The molecule has 11 heavy (non-hydrogen) atoms. The van der Waals surface area contributed by atoms with Gasteiger partial charge in [-0.2, -0.15) is 0 Å². The van der Waals surface area contributed by atoms with Gasteiger partial charge in [-0.3, -0.25) is 0 Å². The zero-order chi connectivity index (χ0) is 8.32. The Morgan fingerprint density at radius 1 is 1.73 bits per heavy atom. The molecule has 1 atom stereocenters. The van der Waals surface area contributed by atoms with Crippen LogP contribution in [-0.2, 0) is 4.79 Å². The summed E-state index contributed by atoms with van der Waals surface area (Å²) in [6.45, 7) is 0. The molecule has 0 spiro atoms. The number of hydrogen-bond acceptors (Lipinski definition) is 3. The fourth-order valence-electron chi connectivity index (χ4n) is 1.16. The number of nitrogens with two attached hydrogens (primary N) is 2. The maximum Gasteiger partial charge on any atom is 0.122 e. The summed E-state index contributed by atoms with van der Waals surface area (Å²) in [5.74, 6) is 0. The van der Waals surface area contributed by atoms with Crippen LogP contribution in [-0.4, -0.2) is 11.8 Å². The minimum absolute atomic E-state index is 0.331. The van der Waals surface area contributed by atoms with Crippen molar-refractivity contribution in [3.63, 3.8) is 0 Å². The summed E-state index contributed by atoms with van der Waals surface area (Å²) in [6.07, 6.45) is 7.14. The van der Waals surface area contributed by atoms with Crippen molar-refractivity contribution < 1.29 is 4.79 Å². The zero-order valence-electron chi connectivity index (χ0n) is 6.29. The average Bonchev–Trinajstić information content (AvgIpc) is 1.86. The SMILES string of the molecule is NC1=CC=CC(N)(CC=O)C1. The molecular formula is C8H12N2O. The summed E-state index contributed by atoms with van der Waals surface area (Å²) in [5, 5.41) is 0. The minimum Gasteiger partial charge on any atom is -0.402 e. The molecule has 0 saturated carbocycles. The van der Waals surface area contributed by atoms with Crippen LogP contribution in [0.25, 0.3) is 0 Å². The topological polar surface area (TPSA) is 69.1 Å². The van der Waals surface area contributed by atoms with Gasteiger partial charge < -0.3 is 16.3 Å². The smallest absolute Gasteiger partial charge is 0.122 e. The number of carbonyl (C=O) groups excluding carboxylic acids is 1. The predicted molar refractivity (Wildman–Crippen MR) is 43.6 cm³/mol. The predicted octanol–water partition coefficient (Wildman–Crippen LogP) is 0.0754. The van der Waals surface area contributed by atoms with Crippen molar-refractivity contribution in [2.75, 3.05) is 0 Å². The van der Waals surface area contributed by atoms with Gasteiger partial charge in [-0.1, -0.05) is 12.2 Å². The van der Waals surface area contributed by atoms with Crippen LogP contribution in [0.3, 0.4) is 0 Å². The summed E-state index contributed by atoms with van der Waals surface area (Å²) in [5.41, 5.74) is 11.6. The molecule has 0 fully saturated rings. The molecule has 1 aliphatic rings. The lowest BCUT2D eigenvalue weighted by Crippen LogP contribution is -2.40. The third-order valence-electron chi connectivity index (χ3n) is 1.74. The van der Waals surface area contributed by atoms with E-state index < -0.39 is 5.54 Å². The number of carbonyl (C=O) groups is 1. The molecule has 0 amide bonds. The van der Waals surface area contributed by atoms with E-state index in [-0.39, 0.29) is 0 Å². The van der Waals surface area contributed by atoms with Gasteiger partial charge in [-0.05, 0) is 6.08 Å². The van der Waals surface area contributed by atoms with Gasteiger partial charge in [0.2, 0.25) is 0 Å². The van der Waals surface area contributed by atoms with Gasteiger partial charge in [0.25, 0.3) is 0 Å². The molecule has 1 unspecified atom stereocenters. The Morgan fingerprint density at radius 2 is 2.45 bits per heavy atom. The van der Waals surface area contributed by atoms with Gasteiger partial charge in [0, 0.05) is 24.1 Å². The summed E-state index contributed by atoms with van der Waals surface area (Å²) < 4.78 is 0. The van der Waals surface area contributed by atoms with Crippen molar-refractivity contribution in [1.82, 2.24) is 0 Å². The third-order valence-corrected chi connectivity index (χ3v) is 1.74. The molecule has 1 aliphatic carbocycles. The highest BCUT2D eigenvalue weighted by Crippen LogP contribution is 2.19. The molecule has 4 N–H and O–H groups in total. The van der Waals surface area contributed by atoms with Crippen molar-refractivity contribution >= 4 is 6.29 Å². The normalized spacial score (nSPS) is 29.7. The zero-order valence-corrected chi connectivity index (χ0v) is 6.29. The largest absolute Gasteiger partial charge is 0.402 e. The van der Waals surface area contributed by atoms with E-state index in [0.29, 0.717) is 12.8 Å². The van der Waals surface area contributed by atoms with Crippen molar-refractivity contribution in [3.8, 4) is 0 Å². The van der Waals surface area contributed by atoms with Gasteiger partial charge in [0.1, 0.15) is 6.29 Å². The Kier molecular flexibility index (Phi) is 2.10. The first-order valence-electron chi connectivity index (χ1n) is 3.53. The molecule has 0 bridgehead atoms. The van der Waals surface area contributed by atoms with Gasteiger partial charge >= 0.3 is 0 Å². The molecule has 0 radical (unpaired) electrons. The fourth-order valence-corrected chi connectivity index (χ4v) is 1.16. The fraction of sp³-hybridized carbons (Fsp3) is 0.375. The molecular weight excluding hydrogens is 140 g/mol. The van der Waals surface area contributed by atoms with Crippen LogP contribution in [0.15, 0.2) is 23.9 Å². The second-order valence-corrected chi connectivity index (χ2v) is 2.88. The lowest BCUT2D eigenvalue weighted by molar-refractivity contribution is -0.108. The minimum atomic E-state index is -0.541. The van der Waals surface area contributed by atoms with E-state index in [1.54, 1.807) is 12.2 Å². The van der Waals surface area contributed by atoms with Gasteiger partial charge in [-0.15, -0.1) is 0 Å². The van der Waals surface area contributed by atoms with E-state index in [0.717, 1.165) is 12.0 Å². The van der Waals surface area contributed by atoms with E-state index in [1.807, 2.05) is 6.08 Å². The molecule has 0 aromatic carbocycles. The summed E-state index contributed by atoms with van der Waals surface area (Å²) in [6, 6.07) is 0. The number of rotatable bonds is 2. The molecule has 1 rings (SSSR count). The standard InChI is InChI=1S/C8H12N2O/c9-7-2-1-3-8(10,6-7)4-5-11/h1-3,5H,4,6,9-10H2. The highest BCUT2D eigenvalue weighted by molar-refractivity contribution is 5.53. The maximum atomic E-state index is 10.2. The van der Waals surface area contributed by atoms with Crippen LogP contribution in [0.1, 0.15) is 12.8 Å². The Bertz CT molecular complexity index is 220. The third kappa shape index (κ3) is 1.91. The monoisotopic (exact) mass is 152 g/mol. The summed E-state index contributed by atoms with van der Waals surface area (Å²) in [7, 11) is 0. The highest BCUT2D eigenvalue weighted by atomic mass is 16.1. The van der Waals surface area contributed by atoms with Crippen LogP contribution in [0.2, 0.25) is 0 Å². The van der Waals surface area contributed by atoms with Crippen molar-refractivity contribution in [2.24, 2.45) is 11.5 Å². The molecule has 0 aromatic heterocycles. The molecule has 0 aromatic rings. The van der Waals surface area contributed by atoms with Crippen LogP contribution < -0.4 is 11.5 Å². The summed E-state index contributed by atoms with van der Waals surface area (Å²) in [4.78, 5) is 10.2. The molecule has 60 valence electrons. The van der Waals surface area contributed by atoms with Crippen LogP contribution in [0.4, 0.5) is 0 Å². The van der Waals surface area contributed by atoms with E-state index in [2.05, 4.69) is 0 Å². The average molecular weight is 152 g/mol. The first kappa shape index (κ1) is 8.01. The Hall–Kier alpha value is -1.09. The van der Waals surface area contributed by atoms with Gasteiger partial charge in [0.05, 0.1) is 0 Å². The summed E-state index contributed by atoms with van der Waals surface area (Å²) >= 11 is 0. The Labute approximate surface area is 65.8 Å². The number of aldehydes is 1. The van der Waals surface area contributed by atoms with Gasteiger partial charge in [-0.25, -0.2) is 0 Å². The van der Waals surface area contributed by atoms with Crippen LogP contribution in [0, 0.1) is 0 Å². The molecule has 3 nitrogen and oxygen atoms in total. The highest BCUT2D eigenvalue weighted by Gasteiger charge is 2.23. The Morgan fingerprint density at radius 3 is 3.00 bits per heavy atom. The van der Waals surface area contributed by atoms with E-state index in [1.165, 1.54) is 0 Å². The second kappa shape index (κ2) is 2.88. The molecule has 0 saturated heterocycles. The van der Waals surface area contributed by atoms with Crippen molar-refractivity contribution in [1.29, 1.82) is 0 Å². The second-order valence-electron chi connectivity index (χ2n) is 2.88. The van der Waals surface area contributed by atoms with Crippen LogP contribution in [0.5, 0.6) is 0 Å². The quantitative estimate of drug-likeness (QED) is 0.550. The van der Waals surface area contributed by atoms with E-state index >= 15 is 0 Å². The lowest BCUT2D eigenvalue weighted by Gasteiger charge is -2.25. The first-order valence-corrected chi connectivity index (χ1v) is 3.53. The molecule has 3 heteroatoms. The first-order chi connectivity index (χ1) is 5.16. The molecule has 0 heterocycles. The molecule has 0 aliphatic heterocycles.